The van der Waals surface area contributed by atoms with Gasteiger partial charge in [-0.25, -0.2) is 5.43 Å². The van der Waals surface area contributed by atoms with Gasteiger partial charge in [0.1, 0.15) is 5.75 Å². The highest BCUT2D eigenvalue weighted by molar-refractivity contribution is 6.36. The molecule has 0 aliphatic rings. The number of benzene rings is 2. The largest absolute Gasteiger partial charge is 0.493 e. The molecule has 0 radical (unpaired) electrons. The number of hydrogen-bond donors (Lipinski definition) is 1. The molecule has 0 atom stereocenters. The first-order valence-corrected chi connectivity index (χ1v) is 9.35. The Morgan fingerprint density at radius 3 is 2.48 bits per heavy atom. The Hall–Kier alpha value is -2.66. The van der Waals surface area contributed by atoms with Crippen LogP contribution in [0.25, 0.3) is 0 Å². The van der Waals surface area contributed by atoms with E-state index >= 15 is 0 Å². The number of para-hydroxylation sites is 1. The van der Waals surface area contributed by atoms with Gasteiger partial charge in [0.15, 0.2) is 0 Å². The summed E-state index contributed by atoms with van der Waals surface area (Å²) in [5.74, 6) is -0.313. The van der Waals surface area contributed by atoms with Crippen molar-refractivity contribution in [1.82, 2.24) is 5.43 Å². The van der Waals surface area contributed by atoms with Crippen LogP contribution in [-0.4, -0.2) is 24.5 Å². The minimum absolute atomic E-state index is 0.291. The normalized spacial score (nSPS) is 10.7. The van der Waals surface area contributed by atoms with Crippen LogP contribution in [0, 0.1) is 0 Å². The van der Waals surface area contributed by atoms with E-state index in [9.17, 15) is 9.59 Å². The lowest BCUT2D eigenvalue weighted by Crippen LogP contribution is -2.19. The van der Waals surface area contributed by atoms with E-state index in [0.717, 1.165) is 25.5 Å². The molecular weight excluding hydrogens is 364 g/mol. The van der Waals surface area contributed by atoms with E-state index in [1.165, 1.54) is 6.42 Å². The predicted molar refractivity (Wildman–Crippen MR) is 108 cm³/mol. The molecule has 2 aromatic carbocycles. The fourth-order valence-corrected chi connectivity index (χ4v) is 2.65. The summed E-state index contributed by atoms with van der Waals surface area (Å²) in [5, 5.41) is 4.06. The number of ether oxygens (including phenoxy) is 1. The van der Waals surface area contributed by atoms with Crippen molar-refractivity contribution in [3.05, 3.63) is 64.7 Å². The molecular formula is C21H23ClN2O3. The van der Waals surface area contributed by atoms with Gasteiger partial charge in [-0.3, -0.25) is 9.59 Å². The van der Waals surface area contributed by atoms with Crippen LogP contribution in [-0.2, 0) is 0 Å². The molecule has 0 saturated carbocycles. The number of rotatable bonds is 10. The second-order valence-corrected chi connectivity index (χ2v) is 6.36. The van der Waals surface area contributed by atoms with E-state index in [1.807, 2.05) is 6.07 Å². The minimum atomic E-state index is -0.481. The summed E-state index contributed by atoms with van der Waals surface area (Å²) in [5.41, 5.74) is 3.01. The summed E-state index contributed by atoms with van der Waals surface area (Å²) < 4.78 is 5.73. The van der Waals surface area contributed by atoms with Gasteiger partial charge in [-0.1, -0.05) is 62.1 Å². The standard InChI is InChI=1S/C21H23ClN2O3/c1-2-3-4-9-14-27-20-13-8-6-11-17(20)19(25)15-23-24-21(26)16-10-5-7-12-18(16)22/h5-8,10-13,15H,2-4,9,14H2,1H3,(H,24,26)/b23-15-. The van der Waals surface area contributed by atoms with Crippen molar-refractivity contribution in [2.75, 3.05) is 6.61 Å². The van der Waals surface area contributed by atoms with E-state index < -0.39 is 5.91 Å². The Labute approximate surface area is 164 Å². The van der Waals surface area contributed by atoms with E-state index in [0.29, 0.717) is 28.5 Å². The van der Waals surface area contributed by atoms with Crippen molar-refractivity contribution >= 4 is 29.5 Å². The van der Waals surface area contributed by atoms with Crippen molar-refractivity contribution < 1.29 is 14.3 Å². The van der Waals surface area contributed by atoms with Gasteiger partial charge in [0.05, 0.1) is 29.0 Å². The number of halogens is 1. The van der Waals surface area contributed by atoms with Gasteiger partial charge in [0, 0.05) is 0 Å². The maximum absolute atomic E-state index is 12.4. The number of Topliss-reactive ketones (excluding diaryl/α,β-unsaturated/α-hetero) is 1. The number of nitrogens with zero attached hydrogens (tertiary/aromatic N) is 1. The molecule has 1 N–H and O–H groups in total. The number of carbonyl (C=O) groups is 2. The first-order valence-electron chi connectivity index (χ1n) is 8.97. The maximum Gasteiger partial charge on any atom is 0.272 e. The zero-order chi connectivity index (χ0) is 19.5. The lowest BCUT2D eigenvalue weighted by atomic mass is 10.1. The average Bonchev–Trinajstić information content (AvgIpc) is 2.68. The van der Waals surface area contributed by atoms with Gasteiger partial charge in [0.25, 0.3) is 5.91 Å². The van der Waals surface area contributed by atoms with Crippen LogP contribution >= 0.6 is 11.6 Å². The molecule has 5 nitrogen and oxygen atoms in total. The third-order valence-electron chi connectivity index (χ3n) is 3.87. The number of carbonyl (C=O) groups excluding carboxylic acids is 2. The third-order valence-corrected chi connectivity index (χ3v) is 4.20. The van der Waals surface area contributed by atoms with Gasteiger partial charge in [-0.2, -0.15) is 5.10 Å². The van der Waals surface area contributed by atoms with Crippen LogP contribution in [0.3, 0.4) is 0 Å². The van der Waals surface area contributed by atoms with Gasteiger partial charge >= 0.3 is 0 Å². The zero-order valence-electron chi connectivity index (χ0n) is 15.3. The van der Waals surface area contributed by atoms with Crippen LogP contribution in [0.4, 0.5) is 0 Å². The average molecular weight is 387 g/mol. The molecule has 142 valence electrons. The zero-order valence-corrected chi connectivity index (χ0v) is 16.0. The monoisotopic (exact) mass is 386 g/mol. The topological polar surface area (TPSA) is 67.8 Å². The SMILES string of the molecule is CCCCCCOc1ccccc1C(=O)/C=N\NC(=O)c1ccccc1Cl. The Balaban J connectivity index is 1.94. The van der Waals surface area contributed by atoms with E-state index in [4.69, 9.17) is 16.3 Å². The molecule has 1 amide bonds. The van der Waals surface area contributed by atoms with Crippen molar-refractivity contribution in [3.63, 3.8) is 0 Å². The quantitative estimate of drug-likeness (QED) is 0.273. The fourth-order valence-electron chi connectivity index (χ4n) is 2.43. The predicted octanol–water partition coefficient (Wildman–Crippen LogP) is 4.90. The molecule has 0 fully saturated rings. The molecule has 0 saturated heterocycles. The molecule has 0 aliphatic carbocycles. The van der Waals surface area contributed by atoms with Crippen LogP contribution in [0.5, 0.6) is 5.75 Å². The van der Waals surface area contributed by atoms with Crippen LogP contribution in [0.1, 0.15) is 53.3 Å². The lowest BCUT2D eigenvalue weighted by Gasteiger charge is -2.09. The molecule has 0 aliphatic heterocycles. The molecule has 6 heteroatoms. The molecule has 0 unspecified atom stereocenters. The smallest absolute Gasteiger partial charge is 0.272 e. The summed E-state index contributed by atoms with van der Waals surface area (Å²) >= 11 is 5.96. The Morgan fingerprint density at radius 2 is 1.74 bits per heavy atom. The molecule has 0 bridgehead atoms. The molecule has 2 rings (SSSR count). The summed E-state index contributed by atoms with van der Waals surface area (Å²) in [4.78, 5) is 24.4. The van der Waals surface area contributed by atoms with Gasteiger partial charge in [-0.05, 0) is 30.7 Å². The fraction of sp³-hybridized carbons (Fsp3) is 0.286. The van der Waals surface area contributed by atoms with Crippen LogP contribution in [0.15, 0.2) is 53.6 Å². The number of hydrogen-bond acceptors (Lipinski definition) is 4. The van der Waals surface area contributed by atoms with Crippen molar-refractivity contribution in [1.29, 1.82) is 0 Å². The summed E-state index contributed by atoms with van der Waals surface area (Å²) in [6, 6.07) is 13.6. The van der Waals surface area contributed by atoms with Crippen molar-refractivity contribution in [3.8, 4) is 5.75 Å². The van der Waals surface area contributed by atoms with E-state index in [1.54, 1.807) is 42.5 Å². The lowest BCUT2D eigenvalue weighted by molar-refractivity contribution is 0.0955. The van der Waals surface area contributed by atoms with E-state index in [-0.39, 0.29) is 5.78 Å². The highest BCUT2D eigenvalue weighted by Gasteiger charge is 2.11. The molecule has 27 heavy (non-hydrogen) atoms. The third kappa shape index (κ3) is 6.53. The first-order chi connectivity index (χ1) is 13.1. The van der Waals surface area contributed by atoms with Gasteiger partial charge < -0.3 is 4.74 Å². The Kier molecular flexibility index (Phi) is 8.52. The molecule has 0 spiro atoms. The minimum Gasteiger partial charge on any atom is -0.493 e. The number of ketones is 1. The number of unbranched alkanes of at least 4 members (excludes halogenated alkanes) is 3. The Morgan fingerprint density at radius 1 is 1.04 bits per heavy atom. The number of nitrogens with one attached hydrogen (secondary N) is 1. The first kappa shape index (κ1) is 20.6. The molecule has 0 aromatic heterocycles. The second kappa shape index (κ2) is 11.1. The maximum atomic E-state index is 12.4. The highest BCUT2D eigenvalue weighted by Crippen LogP contribution is 2.19. The van der Waals surface area contributed by atoms with Crippen molar-refractivity contribution in [2.45, 2.75) is 32.6 Å². The summed E-state index contributed by atoms with van der Waals surface area (Å²) in [6.45, 7) is 2.71. The molecule has 2 aromatic rings. The number of hydrazone groups is 1. The summed E-state index contributed by atoms with van der Waals surface area (Å²) in [7, 11) is 0. The van der Waals surface area contributed by atoms with Crippen LogP contribution < -0.4 is 10.2 Å². The van der Waals surface area contributed by atoms with Crippen molar-refractivity contribution in [2.24, 2.45) is 5.10 Å². The molecule has 0 heterocycles. The van der Waals surface area contributed by atoms with Crippen LogP contribution in [0.2, 0.25) is 5.02 Å². The second-order valence-electron chi connectivity index (χ2n) is 5.95. The van der Waals surface area contributed by atoms with Gasteiger partial charge in [0.2, 0.25) is 5.78 Å². The van der Waals surface area contributed by atoms with Gasteiger partial charge in [-0.15, -0.1) is 0 Å². The summed E-state index contributed by atoms with van der Waals surface area (Å²) in [6.07, 6.45) is 5.43. The Bertz CT molecular complexity index is 806. The number of amides is 1. The van der Waals surface area contributed by atoms with E-state index in [2.05, 4.69) is 17.5 Å². The highest BCUT2D eigenvalue weighted by atomic mass is 35.5.